The first-order valence-corrected chi connectivity index (χ1v) is 8.55. The lowest BCUT2D eigenvalue weighted by atomic mass is 10.1. The number of nitrogens with one attached hydrogen (secondary N) is 1. The molecule has 25 heavy (non-hydrogen) atoms. The van der Waals surface area contributed by atoms with Crippen LogP contribution in [0.3, 0.4) is 0 Å². The molecule has 0 aliphatic carbocycles. The van der Waals surface area contributed by atoms with Crippen LogP contribution in [0.2, 0.25) is 0 Å². The molecular formula is C18H20N4O3. The zero-order chi connectivity index (χ0) is 17.1. The molecule has 1 N–H and O–H groups in total. The predicted octanol–water partition coefficient (Wildman–Crippen LogP) is 2.77. The van der Waals surface area contributed by atoms with E-state index in [4.69, 9.17) is 9.26 Å². The van der Waals surface area contributed by atoms with Gasteiger partial charge < -0.3 is 14.6 Å². The zero-order valence-corrected chi connectivity index (χ0v) is 13.9. The third-order valence-electron chi connectivity index (χ3n) is 4.36. The van der Waals surface area contributed by atoms with Crippen molar-refractivity contribution in [2.45, 2.75) is 38.3 Å². The Hall–Kier alpha value is -2.67. The van der Waals surface area contributed by atoms with Gasteiger partial charge in [0.25, 0.3) is 0 Å². The van der Waals surface area contributed by atoms with Gasteiger partial charge in [-0.1, -0.05) is 17.3 Å². The van der Waals surface area contributed by atoms with E-state index in [2.05, 4.69) is 15.6 Å². The number of amides is 1. The van der Waals surface area contributed by atoms with Gasteiger partial charge in [-0.3, -0.25) is 9.48 Å². The van der Waals surface area contributed by atoms with Crippen molar-refractivity contribution in [3.8, 4) is 0 Å². The van der Waals surface area contributed by atoms with Crippen LogP contribution in [0.5, 0.6) is 0 Å². The molecule has 2 aromatic heterocycles. The summed E-state index contributed by atoms with van der Waals surface area (Å²) in [4.78, 5) is 12.3. The van der Waals surface area contributed by atoms with Crippen molar-refractivity contribution in [3.63, 3.8) is 0 Å². The lowest BCUT2D eigenvalue weighted by Crippen LogP contribution is -2.24. The van der Waals surface area contributed by atoms with Gasteiger partial charge >= 0.3 is 0 Å². The SMILES string of the molecule is O=C(Cc1noc2ccccc12)Nc1cnn(CC2CCCCO2)c1. The maximum atomic E-state index is 12.3. The molecule has 1 aliphatic rings. The molecule has 7 heteroatoms. The molecule has 1 unspecified atom stereocenters. The molecule has 4 rings (SSSR count). The van der Waals surface area contributed by atoms with Crippen molar-refractivity contribution < 1.29 is 14.1 Å². The Labute approximate surface area is 144 Å². The quantitative estimate of drug-likeness (QED) is 0.772. The van der Waals surface area contributed by atoms with Gasteiger partial charge in [-0.25, -0.2) is 0 Å². The molecule has 1 saturated heterocycles. The molecule has 0 spiro atoms. The number of benzene rings is 1. The number of hydrogen-bond acceptors (Lipinski definition) is 5. The topological polar surface area (TPSA) is 82.2 Å². The summed E-state index contributed by atoms with van der Waals surface area (Å²) < 4.78 is 12.8. The van der Waals surface area contributed by atoms with E-state index >= 15 is 0 Å². The van der Waals surface area contributed by atoms with Crippen LogP contribution >= 0.6 is 0 Å². The van der Waals surface area contributed by atoms with Gasteiger partial charge in [-0.2, -0.15) is 5.10 Å². The molecule has 3 heterocycles. The molecule has 7 nitrogen and oxygen atoms in total. The summed E-state index contributed by atoms with van der Waals surface area (Å²) >= 11 is 0. The van der Waals surface area contributed by atoms with Gasteiger partial charge in [0.1, 0.15) is 5.69 Å². The van der Waals surface area contributed by atoms with E-state index in [1.54, 1.807) is 6.20 Å². The number of aromatic nitrogens is 3. The number of anilines is 1. The number of rotatable bonds is 5. The number of para-hydroxylation sites is 1. The van der Waals surface area contributed by atoms with E-state index in [0.29, 0.717) is 23.5 Å². The summed E-state index contributed by atoms with van der Waals surface area (Å²) in [6, 6.07) is 7.51. The summed E-state index contributed by atoms with van der Waals surface area (Å²) in [7, 11) is 0. The Morgan fingerprint density at radius 3 is 3.12 bits per heavy atom. The van der Waals surface area contributed by atoms with Crippen LogP contribution in [0, 0.1) is 0 Å². The van der Waals surface area contributed by atoms with Gasteiger partial charge in [-0.05, 0) is 31.4 Å². The molecule has 3 aromatic rings. The van der Waals surface area contributed by atoms with Gasteiger partial charge in [0.2, 0.25) is 5.91 Å². The number of hydrogen-bond donors (Lipinski definition) is 1. The van der Waals surface area contributed by atoms with Gasteiger partial charge in [0, 0.05) is 18.2 Å². The van der Waals surface area contributed by atoms with Gasteiger partial charge in [-0.15, -0.1) is 0 Å². The lowest BCUT2D eigenvalue weighted by Gasteiger charge is -2.22. The number of carbonyl (C=O) groups is 1. The Morgan fingerprint density at radius 1 is 1.32 bits per heavy atom. The van der Waals surface area contributed by atoms with E-state index < -0.39 is 0 Å². The lowest BCUT2D eigenvalue weighted by molar-refractivity contribution is -0.115. The molecule has 130 valence electrons. The van der Waals surface area contributed by atoms with Gasteiger partial charge in [0.15, 0.2) is 5.58 Å². The van der Waals surface area contributed by atoms with E-state index in [1.165, 1.54) is 6.42 Å². The van der Waals surface area contributed by atoms with Gasteiger partial charge in [0.05, 0.1) is 31.0 Å². The third kappa shape index (κ3) is 3.71. The molecule has 1 aliphatic heterocycles. The summed E-state index contributed by atoms with van der Waals surface area (Å²) in [6.07, 6.45) is 7.24. The van der Waals surface area contributed by atoms with Crippen LogP contribution in [0.15, 0.2) is 41.2 Å². The molecule has 1 fully saturated rings. The monoisotopic (exact) mass is 340 g/mol. The van der Waals surface area contributed by atoms with Crippen LogP contribution in [-0.4, -0.2) is 33.6 Å². The highest BCUT2D eigenvalue weighted by Gasteiger charge is 2.16. The Bertz CT molecular complexity index is 864. The maximum absolute atomic E-state index is 12.3. The van der Waals surface area contributed by atoms with Crippen molar-refractivity contribution in [1.82, 2.24) is 14.9 Å². The molecule has 1 aromatic carbocycles. The molecule has 1 atom stereocenters. The Morgan fingerprint density at radius 2 is 2.24 bits per heavy atom. The molecule has 0 bridgehead atoms. The number of ether oxygens (including phenoxy) is 1. The van der Waals surface area contributed by atoms with E-state index in [-0.39, 0.29) is 18.4 Å². The first kappa shape index (κ1) is 15.8. The first-order valence-electron chi connectivity index (χ1n) is 8.55. The second-order valence-electron chi connectivity index (χ2n) is 6.29. The average Bonchev–Trinajstić information content (AvgIpc) is 3.23. The Balaban J connectivity index is 1.36. The minimum atomic E-state index is -0.146. The Kier molecular flexibility index (Phi) is 4.47. The summed E-state index contributed by atoms with van der Waals surface area (Å²) in [5, 5.41) is 12.0. The number of nitrogens with zero attached hydrogens (tertiary/aromatic N) is 3. The van der Waals surface area contributed by atoms with Crippen LogP contribution in [0.25, 0.3) is 11.0 Å². The van der Waals surface area contributed by atoms with E-state index in [9.17, 15) is 4.79 Å². The summed E-state index contributed by atoms with van der Waals surface area (Å²) in [6.45, 7) is 1.53. The second-order valence-corrected chi connectivity index (χ2v) is 6.29. The van der Waals surface area contributed by atoms with Crippen LogP contribution in [0.1, 0.15) is 25.0 Å². The van der Waals surface area contributed by atoms with Crippen molar-refractivity contribution >= 4 is 22.6 Å². The fourth-order valence-electron chi connectivity index (χ4n) is 3.11. The predicted molar refractivity (Wildman–Crippen MR) is 92.2 cm³/mol. The van der Waals surface area contributed by atoms with Crippen LogP contribution in [0.4, 0.5) is 5.69 Å². The highest BCUT2D eigenvalue weighted by molar-refractivity contribution is 5.94. The second kappa shape index (κ2) is 7.06. The first-order chi connectivity index (χ1) is 12.3. The van der Waals surface area contributed by atoms with E-state index in [1.807, 2.05) is 35.1 Å². The van der Waals surface area contributed by atoms with Crippen molar-refractivity contribution in [1.29, 1.82) is 0 Å². The fourth-order valence-corrected chi connectivity index (χ4v) is 3.11. The minimum Gasteiger partial charge on any atom is -0.376 e. The van der Waals surface area contributed by atoms with Crippen LogP contribution in [-0.2, 0) is 22.5 Å². The van der Waals surface area contributed by atoms with E-state index in [0.717, 1.165) is 24.8 Å². The highest BCUT2D eigenvalue weighted by atomic mass is 16.5. The third-order valence-corrected chi connectivity index (χ3v) is 4.36. The maximum Gasteiger partial charge on any atom is 0.230 e. The smallest absolute Gasteiger partial charge is 0.230 e. The van der Waals surface area contributed by atoms with Crippen molar-refractivity contribution in [2.75, 3.05) is 11.9 Å². The summed E-state index contributed by atoms with van der Waals surface area (Å²) in [5.74, 6) is -0.146. The number of fused-ring (bicyclic) bond motifs is 1. The normalized spacial score (nSPS) is 17.7. The fraction of sp³-hybridized carbons (Fsp3) is 0.389. The highest BCUT2D eigenvalue weighted by Crippen LogP contribution is 2.19. The van der Waals surface area contributed by atoms with Crippen molar-refractivity contribution in [3.05, 3.63) is 42.4 Å². The molecule has 1 amide bonds. The van der Waals surface area contributed by atoms with Crippen molar-refractivity contribution in [2.24, 2.45) is 0 Å². The van der Waals surface area contributed by atoms with Crippen LogP contribution < -0.4 is 5.32 Å². The number of carbonyl (C=O) groups excluding carboxylic acids is 1. The summed E-state index contributed by atoms with van der Waals surface area (Å²) in [5.41, 5.74) is 2.00. The molecule has 0 saturated carbocycles. The molecule has 0 radical (unpaired) electrons. The average molecular weight is 340 g/mol. The standard InChI is InChI=1S/C18H20N4O3/c23-18(9-16-15-6-1-2-7-17(15)25-21-16)20-13-10-19-22(11-13)12-14-5-3-4-8-24-14/h1-2,6-7,10-11,14H,3-5,8-9,12H2,(H,20,23). The minimum absolute atomic E-state index is 0.146. The molecular weight excluding hydrogens is 320 g/mol. The largest absolute Gasteiger partial charge is 0.376 e. The zero-order valence-electron chi connectivity index (χ0n) is 13.9.